The molecule has 1 aliphatic carbocycles. The second-order valence-corrected chi connectivity index (χ2v) is 11.3. The van der Waals surface area contributed by atoms with Gasteiger partial charge in [-0.25, -0.2) is 0 Å². The van der Waals surface area contributed by atoms with E-state index in [4.69, 9.17) is 5.73 Å². The van der Waals surface area contributed by atoms with E-state index in [0.717, 1.165) is 70.1 Å². The molecule has 2 heterocycles. The Labute approximate surface area is 234 Å². The van der Waals surface area contributed by atoms with E-state index in [-0.39, 0.29) is 28.9 Å². The Morgan fingerprint density at radius 1 is 0.925 bits per heavy atom. The number of hydrogen-bond acceptors (Lipinski definition) is 4. The number of ether oxygens (including phenoxy) is 1. The van der Waals surface area contributed by atoms with Crippen molar-refractivity contribution in [1.29, 1.82) is 0 Å². The molecule has 2 N–H and O–H groups in total. The molecule has 0 radical (unpaired) electrons. The van der Waals surface area contributed by atoms with Crippen LogP contribution >= 0.6 is 0 Å². The largest absolute Gasteiger partial charge is 0.573 e. The third kappa shape index (κ3) is 8.46. The van der Waals surface area contributed by atoms with E-state index in [1.54, 1.807) is 12.1 Å². The summed E-state index contributed by atoms with van der Waals surface area (Å²) in [4.78, 5) is 27.9. The van der Waals surface area contributed by atoms with Crippen LogP contribution in [0, 0.1) is 11.3 Å². The second-order valence-electron chi connectivity index (χ2n) is 11.3. The highest BCUT2D eigenvalue weighted by Gasteiger charge is 2.47. The van der Waals surface area contributed by atoms with Gasteiger partial charge in [0.05, 0.1) is 5.41 Å². The number of nitrogens with zero attached hydrogens (tertiary/aromatic N) is 2. The van der Waals surface area contributed by atoms with Crippen LogP contribution in [-0.2, 0) is 22.6 Å². The Morgan fingerprint density at radius 2 is 1.55 bits per heavy atom. The zero-order valence-electron chi connectivity index (χ0n) is 23.0. The third-order valence-electron chi connectivity index (χ3n) is 8.48. The van der Waals surface area contributed by atoms with Crippen LogP contribution in [0.3, 0.4) is 0 Å². The maximum Gasteiger partial charge on any atom is 0.573 e. The highest BCUT2D eigenvalue weighted by atomic mass is 19.4. The van der Waals surface area contributed by atoms with Crippen LogP contribution < -0.4 is 10.5 Å². The van der Waals surface area contributed by atoms with Crippen LogP contribution in [0.15, 0.2) is 54.6 Å². The van der Waals surface area contributed by atoms with Crippen molar-refractivity contribution in [2.45, 2.75) is 70.7 Å². The van der Waals surface area contributed by atoms with Gasteiger partial charge in [-0.3, -0.25) is 9.59 Å². The number of likely N-dealkylation sites (tertiary alicyclic amines) is 2. The fourth-order valence-corrected chi connectivity index (χ4v) is 6.09. The van der Waals surface area contributed by atoms with Gasteiger partial charge in [0.15, 0.2) is 0 Å². The van der Waals surface area contributed by atoms with Crippen molar-refractivity contribution < 1.29 is 27.5 Å². The first-order valence-electron chi connectivity index (χ1n) is 14.3. The Morgan fingerprint density at radius 3 is 2.12 bits per heavy atom. The third-order valence-corrected chi connectivity index (χ3v) is 8.48. The van der Waals surface area contributed by atoms with Gasteiger partial charge in [-0.2, -0.15) is 0 Å². The van der Waals surface area contributed by atoms with Gasteiger partial charge < -0.3 is 20.3 Å². The van der Waals surface area contributed by atoms with Gasteiger partial charge in [-0.1, -0.05) is 55.3 Å². The molecule has 2 aliphatic heterocycles. The smallest absolute Gasteiger partial charge is 0.406 e. The molecular weight excluding hydrogens is 519 g/mol. The van der Waals surface area contributed by atoms with Crippen molar-refractivity contribution in [2.24, 2.45) is 17.1 Å². The molecule has 40 heavy (non-hydrogen) atoms. The summed E-state index contributed by atoms with van der Waals surface area (Å²) >= 11 is 0. The van der Waals surface area contributed by atoms with E-state index in [0.29, 0.717) is 13.1 Å². The quantitative estimate of drug-likeness (QED) is 0.451. The minimum absolute atomic E-state index is 0.109. The molecule has 0 atom stereocenters. The van der Waals surface area contributed by atoms with E-state index in [9.17, 15) is 22.8 Å². The van der Waals surface area contributed by atoms with Crippen LogP contribution in [0.5, 0.6) is 5.75 Å². The van der Waals surface area contributed by atoms with E-state index >= 15 is 0 Å². The van der Waals surface area contributed by atoms with Gasteiger partial charge in [0.2, 0.25) is 11.8 Å². The number of carbonyl (C=O) groups excluding carboxylic acids is 2. The van der Waals surface area contributed by atoms with Crippen LogP contribution in [0.25, 0.3) is 0 Å². The minimum atomic E-state index is -4.70. The fourth-order valence-electron chi connectivity index (χ4n) is 6.09. The SMILES string of the molecule is NC(=O)C1CCCC1.O=C1N(Cc2ccc(OC(F)(F)F)cc2)CCC12CCN(CCCc1ccccc1)CC2. The van der Waals surface area contributed by atoms with Crippen molar-refractivity contribution >= 4 is 11.8 Å². The number of alkyl halides is 3. The summed E-state index contributed by atoms with van der Waals surface area (Å²) < 4.78 is 40.9. The van der Waals surface area contributed by atoms with Gasteiger partial charge in [-0.15, -0.1) is 13.2 Å². The van der Waals surface area contributed by atoms with E-state index in [2.05, 4.69) is 33.9 Å². The first-order valence-corrected chi connectivity index (χ1v) is 14.3. The number of aryl methyl sites for hydroxylation is 1. The summed E-state index contributed by atoms with van der Waals surface area (Å²) in [5, 5.41) is 0. The Bertz CT molecular complexity index is 1090. The average molecular weight is 560 g/mol. The van der Waals surface area contributed by atoms with E-state index < -0.39 is 6.36 Å². The molecule has 6 nitrogen and oxygen atoms in total. The highest BCUT2D eigenvalue weighted by molar-refractivity contribution is 5.85. The van der Waals surface area contributed by atoms with Gasteiger partial charge in [0.25, 0.3) is 0 Å². The molecule has 2 aromatic rings. The van der Waals surface area contributed by atoms with E-state index in [1.807, 2.05) is 11.0 Å². The van der Waals surface area contributed by atoms with Gasteiger partial charge in [-0.05, 0) is 87.8 Å². The van der Waals surface area contributed by atoms with Gasteiger partial charge in [0, 0.05) is 19.0 Å². The molecule has 0 unspecified atom stereocenters. The lowest BCUT2D eigenvalue weighted by molar-refractivity contribution is -0.274. The van der Waals surface area contributed by atoms with Crippen LogP contribution in [0.1, 0.15) is 62.5 Å². The van der Waals surface area contributed by atoms with Crippen molar-refractivity contribution in [3.8, 4) is 5.75 Å². The standard InChI is InChI=1S/C25H29F3N2O2.C6H11NO/c26-25(27,28)32-22-10-8-21(9-11-22)19-30-18-14-24(23(30)31)12-16-29(17-13-24)15-4-7-20-5-2-1-3-6-20;7-6(8)5-3-1-2-4-5/h1-3,5-6,8-11H,4,7,12-19H2;5H,1-4H2,(H2,7,8). The summed E-state index contributed by atoms with van der Waals surface area (Å²) in [6, 6.07) is 16.3. The lowest BCUT2D eigenvalue weighted by atomic mass is 9.77. The van der Waals surface area contributed by atoms with Gasteiger partial charge >= 0.3 is 6.36 Å². The molecule has 9 heteroatoms. The van der Waals surface area contributed by atoms with Crippen LogP contribution in [0.4, 0.5) is 13.2 Å². The molecule has 218 valence electrons. The molecular formula is C31H40F3N3O3. The summed E-state index contributed by atoms with van der Waals surface area (Å²) in [6.45, 7) is 4.06. The molecule has 3 aliphatic rings. The summed E-state index contributed by atoms with van der Waals surface area (Å²) in [6.07, 6.45) is 4.53. The molecule has 3 fully saturated rings. The van der Waals surface area contributed by atoms with Crippen LogP contribution in [0.2, 0.25) is 0 Å². The molecule has 0 aromatic heterocycles. The first kappa shape index (κ1) is 29.9. The predicted octanol–water partition coefficient (Wildman–Crippen LogP) is 5.69. The molecule has 5 rings (SSSR count). The van der Waals surface area contributed by atoms with E-state index in [1.165, 1.54) is 30.5 Å². The number of carbonyl (C=O) groups is 2. The second kappa shape index (κ2) is 13.5. The molecule has 1 spiro atoms. The number of rotatable bonds is 8. The average Bonchev–Trinajstić information content (AvgIpc) is 3.57. The first-order chi connectivity index (χ1) is 19.1. The maximum atomic E-state index is 13.2. The number of hydrogen-bond donors (Lipinski definition) is 1. The summed E-state index contributed by atoms with van der Waals surface area (Å²) in [5.74, 6) is 0.0414. The monoisotopic (exact) mass is 559 g/mol. The van der Waals surface area contributed by atoms with Crippen molar-refractivity contribution in [2.75, 3.05) is 26.2 Å². The number of primary amides is 1. The van der Waals surface area contributed by atoms with Gasteiger partial charge in [0.1, 0.15) is 5.75 Å². The van der Waals surface area contributed by atoms with Crippen molar-refractivity contribution in [1.82, 2.24) is 9.80 Å². The molecule has 0 bridgehead atoms. The number of amides is 2. The number of nitrogens with two attached hydrogens (primary N) is 1. The molecule has 1 saturated carbocycles. The molecule has 2 saturated heterocycles. The van der Waals surface area contributed by atoms with Crippen molar-refractivity contribution in [3.05, 3.63) is 65.7 Å². The number of piperidine rings is 1. The summed E-state index contributed by atoms with van der Waals surface area (Å²) in [7, 11) is 0. The zero-order chi connectivity index (χ0) is 28.6. The predicted molar refractivity (Wildman–Crippen MR) is 147 cm³/mol. The Balaban J connectivity index is 0.000000398. The number of benzene rings is 2. The lowest BCUT2D eigenvalue weighted by Crippen LogP contribution is -2.44. The maximum absolute atomic E-state index is 13.2. The Hall–Kier alpha value is -3.07. The van der Waals surface area contributed by atoms with Crippen molar-refractivity contribution in [3.63, 3.8) is 0 Å². The fraction of sp³-hybridized carbons (Fsp3) is 0.548. The minimum Gasteiger partial charge on any atom is -0.406 e. The Kier molecular flexibility index (Phi) is 10.1. The zero-order valence-corrected chi connectivity index (χ0v) is 23.0. The lowest BCUT2D eigenvalue weighted by Gasteiger charge is -2.38. The molecule has 2 amide bonds. The topological polar surface area (TPSA) is 75.9 Å². The number of halogens is 3. The summed E-state index contributed by atoms with van der Waals surface area (Å²) in [5.41, 5.74) is 6.96. The van der Waals surface area contributed by atoms with Crippen LogP contribution in [-0.4, -0.2) is 54.2 Å². The highest BCUT2D eigenvalue weighted by Crippen LogP contribution is 2.42. The normalized spacial score (nSPS) is 19.5. The molecule has 2 aromatic carbocycles.